The molecule has 0 atom stereocenters. The van der Waals surface area contributed by atoms with E-state index in [1.807, 2.05) is 0 Å². The van der Waals surface area contributed by atoms with Crippen molar-refractivity contribution in [3.05, 3.63) is 200 Å². The van der Waals surface area contributed by atoms with Crippen molar-refractivity contribution in [3.8, 4) is 33.4 Å². The summed E-state index contributed by atoms with van der Waals surface area (Å²) in [6.45, 7) is 0. The van der Waals surface area contributed by atoms with Gasteiger partial charge in [0.15, 0.2) is 0 Å². The van der Waals surface area contributed by atoms with Gasteiger partial charge in [-0.3, -0.25) is 0 Å². The second-order valence-electron chi connectivity index (χ2n) is 12.6. The third kappa shape index (κ3) is 5.42. The van der Waals surface area contributed by atoms with Crippen LogP contribution in [0.15, 0.2) is 200 Å². The number of benzene rings is 9. The first kappa shape index (κ1) is 28.8. The van der Waals surface area contributed by atoms with Crippen molar-refractivity contribution in [3.63, 3.8) is 0 Å². The van der Waals surface area contributed by atoms with Gasteiger partial charge >= 0.3 is 0 Å². The van der Waals surface area contributed by atoms with Gasteiger partial charge < -0.3 is 4.90 Å². The zero-order chi connectivity index (χ0) is 32.6. The molecular formula is C48H33N. The van der Waals surface area contributed by atoms with Crippen molar-refractivity contribution >= 4 is 49.4 Å². The average Bonchev–Trinajstić information content (AvgIpc) is 3.18. The van der Waals surface area contributed by atoms with E-state index < -0.39 is 0 Å². The molecule has 0 radical (unpaired) electrons. The van der Waals surface area contributed by atoms with Gasteiger partial charge in [0.1, 0.15) is 0 Å². The van der Waals surface area contributed by atoms with E-state index in [9.17, 15) is 0 Å². The van der Waals surface area contributed by atoms with Crippen molar-refractivity contribution in [1.82, 2.24) is 0 Å². The normalized spacial score (nSPS) is 11.3. The largest absolute Gasteiger partial charge is 0.310 e. The molecule has 1 nitrogen and oxygen atoms in total. The summed E-state index contributed by atoms with van der Waals surface area (Å²) >= 11 is 0. The number of fused-ring (bicyclic) bond motifs is 3. The molecule has 0 saturated heterocycles. The Labute approximate surface area is 287 Å². The minimum atomic E-state index is 1.12. The number of para-hydroxylation sites is 1. The number of nitrogens with zero attached hydrogens (tertiary/aromatic N) is 1. The van der Waals surface area contributed by atoms with Crippen molar-refractivity contribution in [2.24, 2.45) is 0 Å². The standard InChI is InChI=1S/C48H33N/c1-3-12-35(13-4-1)45-29-30-46(48-18-10-9-17-47(45)48)36-23-26-43(27-24-36)49(42-15-5-2-6-16-42)44-28-25-40-32-39(21-22-41(40)33-44)38-20-19-34-11-7-8-14-37(34)31-38/h1-33H. The zero-order valence-corrected chi connectivity index (χ0v) is 27.0. The summed E-state index contributed by atoms with van der Waals surface area (Å²) in [6.07, 6.45) is 0. The summed E-state index contributed by atoms with van der Waals surface area (Å²) in [4.78, 5) is 2.34. The molecule has 9 aromatic carbocycles. The van der Waals surface area contributed by atoms with E-state index in [0.29, 0.717) is 0 Å². The molecule has 0 aliphatic carbocycles. The predicted octanol–water partition coefficient (Wildman–Crippen LogP) is 13.6. The molecular weight excluding hydrogens is 591 g/mol. The van der Waals surface area contributed by atoms with Gasteiger partial charge in [-0.1, -0.05) is 152 Å². The lowest BCUT2D eigenvalue weighted by Crippen LogP contribution is -2.09. The highest BCUT2D eigenvalue weighted by Crippen LogP contribution is 2.40. The molecule has 0 fully saturated rings. The van der Waals surface area contributed by atoms with Crippen molar-refractivity contribution < 1.29 is 0 Å². The monoisotopic (exact) mass is 623 g/mol. The molecule has 0 heterocycles. The van der Waals surface area contributed by atoms with Crippen molar-refractivity contribution in [2.45, 2.75) is 0 Å². The van der Waals surface area contributed by atoms with Crippen LogP contribution in [-0.2, 0) is 0 Å². The summed E-state index contributed by atoms with van der Waals surface area (Å²) < 4.78 is 0. The van der Waals surface area contributed by atoms with E-state index in [1.165, 1.54) is 65.7 Å². The van der Waals surface area contributed by atoms with Crippen LogP contribution in [0.4, 0.5) is 17.1 Å². The molecule has 0 aliphatic heterocycles. The summed E-state index contributed by atoms with van der Waals surface area (Å²) in [6, 6.07) is 72.4. The minimum absolute atomic E-state index is 1.12. The molecule has 0 spiro atoms. The maximum absolute atomic E-state index is 2.34. The fourth-order valence-electron chi connectivity index (χ4n) is 7.16. The fourth-order valence-corrected chi connectivity index (χ4v) is 7.16. The number of hydrogen-bond donors (Lipinski definition) is 0. The van der Waals surface area contributed by atoms with Crippen LogP contribution in [0, 0.1) is 0 Å². The number of hydrogen-bond acceptors (Lipinski definition) is 1. The Morgan fingerprint density at radius 1 is 0.245 bits per heavy atom. The molecule has 1 heteroatoms. The highest BCUT2D eigenvalue weighted by atomic mass is 15.1. The molecule has 9 aromatic rings. The van der Waals surface area contributed by atoms with Gasteiger partial charge in [-0.2, -0.15) is 0 Å². The van der Waals surface area contributed by atoms with Gasteiger partial charge in [-0.15, -0.1) is 0 Å². The van der Waals surface area contributed by atoms with Gasteiger partial charge in [0.2, 0.25) is 0 Å². The lowest BCUT2D eigenvalue weighted by atomic mass is 9.92. The van der Waals surface area contributed by atoms with Crippen LogP contribution in [0.1, 0.15) is 0 Å². The summed E-state index contributed by atoms with van der Waals surface area (Å²) in [5.41, 5.74) is 10.8. The van der Waals surface area contributed by atoms with Crippen LogP contribution >= 0.6 is 0 Å². The van der Waals surface area contributed by atoms with Gasteiger partial charge in [-0.05, 0) is 114 Å². The average molecular weight is 624 g/mol. The van der Waals surface area contributed by atoms with Crippen LogP contribution in [0.3, 0.4) is 0 Å². The van der Waals surface area contributed by atoms with Crippen LogP contribution in [0.5, 0.6) is 0 Å². The van der Waals surface area contributed by atoms with Crippen molar-refractivity contribution in [2.75, 3.05) is 4.90 Å². The first-order valence-corrected chi connectivity index (χ1v) is 16.8. The lowest BCUT2D eigenvalue weighted by molar-refractivity contribution is 1.29. The molecule has 0 N–H and O–H groups in total. The van der Waals surface area contributed by atoms with Gasteiger partial charge in [-0.25, -0.2) is 0 Å². The molecule has 9 rings (SSSR count). The predicted molar refractivity (Wildman–Crippen MR) is 210 cm³/mol. The maximum Gasteiger partial charge on any atom is 0.0468 e. The smallest absolute Gasteiger partial charge is 0.0468 e. The Kier molecular flexibility index (Phi) is 7.22. The second-order valence-corrected chi connectivity index (χ2v) is 12.6. The second kappa shape index (κ2) is 12.3. The summed E-state index contributed by atoms with van der Waals surface area (Å²) in [7, 11) is 0. The molecule has 0 unspecified atom stereocenters. The highest BCUT2D eigenvalue weighted by Gasteiger charge is 2.15. The molecule has 0 saturated carbocycles. The van der Waals surface area contributed by atoms with Gasteiger partial charge in [0.05, 0.1) is 0 Å². The quantitative estimate of drug-likeness (QED) is 0.178. The molecule has 0 bridgehead atoms. The van der Waals surface area contributed by atoms with Gasteiger partial charge in [0, 0.05) is 17.1 Å². The Bertz CT molecular complexity index is 2590. The highest BCUT2D eigenvalue weighted by molar-refractivity contribution is 6.05. The minimum Gasteiger partial charge on any atom is -0.310 e. The van der Waals surface area contributed by atoms with Crippen LogP contribution in [0.25, 0.3) is 65.7 Å². The van der Waals surface area contributed by atoms with Gasteiger partial charge in [0.25, 0.3) is 0 Å². The Hall–Kier alpha value is -6.44. The topological polar surface area (TPSA) is 3.24 Å². The van der Waals surface area contributed by atoms with E-state index in [4.69, 9.17) is 0 Å². The number of rotatable bonds is 6. The van der Waals surface area contributed by atoms with Crippen LogP contribution < -0.4 is 4.90 Å². The molecule has 230 valence electrons. The van der Waals surface area contributed by atoms with E-state index in [2.05, 4.69) is 205 Å². The SMILES string of the molecule is c1ccc(-c2ccc(-c3ccc(N(c4ccccc4)c4ccc5cc(-c6ccc7ccccc7c6)ccc5c4)cc3)c3ccccc23)cc1. The Morgan fingerprint density at radius 2 is 0.673 bits per heavy atom. The number of anilines is 3. The van der Waals surface area contributed by atoms with Crippen LogP contribution in [-0.4, -0.2) is 0 Å². The molecule has 49 heavy (non-hydrogen) atoms. The van der Waals surface area contributed by atoms with Crippen molar-refractivity contribution in [1.29, 1.82) is 0 Å². The third-order valence-corrected chi connectivity index (χ3v) is 9.62. The van der Waals surface area contributed by atoms with E-state index in [1.54, 1.807) is 0 Å². The van der Waals surface area contributed by atoms with E-state index in [0.717, 1.165) is 17.1 Å². The Balaban J connectivity index is 1.08. The summed E-state index contributed by atoms with van der Waals surface area (Å²) in [5, 5.41) is 7.49. The molecule has 0 aliphatic rings. The lowest BCUT2D eigenvalue weighted by Gasteiger charge is -2.26. The van der Waals surface area contributed by atoms with Crippen LogP contribution in [0.2, 0.25) is 0 Å². The first-order valence-electron chi connectivity index (χ1n) is 16.8. The Morgan fingerprint density at radius 3 is 1.35 bits per heavy atom. The fraction of sp³-hybridized carbons (Fsp3) is 0. The maximum atomic E-state index is 2.34. The summed E-state index contributed by atoms with van der Waals surface area (Å²) in [5.74, 6) is 0. The first-order chi connectivity index (χ1) is 24.3. The molecule has 0 amide bonds. The zero-order valence-electron chi connectivity index (χ0n) is 27.0. The molecule has 0 aromatic heterocycles. The van der Waals surface area contributed by atoms with E-state index >= 15 is 0 Å². The third-order valence-electron chi connectivity index (χ3n) is 9.62. The van der Waals surface area contributed by atoms with E-state index in [-0.39, 0.29) is 0 Å².